The number of rotatable bonds is 10. The first kappa shape index (κ1) is 28.4. The average Bonchev–Trinajstić information content (AvgIpc) is 3.52. The lowest BCUT2D eigenvalue weighted by Crippen LogP contribution is -2.48. The van der Waals surface area contributed by atoms with Crippen LogP contribution in [0, 0.1) is 11.6 Å². The van der Waals surface area contributed by atoms with Gasteiger partial charge in [-0.25, -0.2) is 18.7 Å². The van der Waals surface area contributed by atoms with Crippen molar-refractivity contribution in [1.82, 2.24) is 29.3 Å². The monoisotopic (exact) mass is 541 g/mol. The Bertz CT molecular complexity index is 1330. The topological polar surface area (TPSA) is 97.1 Å². The Hall–Kier alpha value is -3.60. The number of carbonyl (C=O) groups is 2. The summed E-state index contributed by atoms with van der Waals surface area (Å²) < 4.78 is 31.5. The lowest BCUT2D eigenvalue weighted by molar-refractivity contribution is -0.138. The fraction of sp³-hybridized carbons (Fsp3) is 0.500. The lowest BCUT2D eigenvalue weighted by Gasteiger charge is -2.30. The largest absolute Gasteiger partial charge is 0.337 e. The number of imidazole rings is 2. The molecule has 2 atom stereocenters. The summed E-state index contributed by atoms with van der Waals surface area (Å²) in [7, 11) is 3.61. The molecule has 0 bridgehead atoms. The van der Waals surface area contributed by atoms with Gasteiger partial charge in [-0.3, -0.25) is 9.59 Å². The van der Waals surface area contributed by atoms with Crippen molar-refractivity contribution >= 4 is 17.6 Å². The Balaban J connectivity index is 1.40. The molecule has 0 saturated carbocycles. The van der Waals surface area contributed by atoms with Crippen molar-refractivity contribution in [3.05, 3.63) is 65.6 Å². The van der Waals surface area contributed by atoms with Gasteiger partial charge in [-0.05, 0) is 56.7 Å². The molecule has 2 heterocycles. The maximum absolute atomic E-state index is 14.4. The van der Waals surface area contributed by atoms with Crippen molar-refractivity contribution in [1.29, 1.82) is 0 Å². The highest BCUT2D eigenvalue weighted by Gasteiger charge is 2.33. The van der Waals surface area contributed by atoms with Gasteiger partial charge < -0.3 is 24.7 Å². The van der Waals surface area contributed by atoms with E-state index >= 15 is 0 Å². The van der Waals surface area contributed by atoms with Crippen molar-refractivity contribution in [2.75, 3.05) is 12.4 Å². The normalized spacial score (nSPS) is 16.0. The van der Waals surface area contributed by atoms with Gasteiger partial charge in [-0.2, -0.15) is 0 Å². The number of anilines is 1. The minimum atomic E-state index is -0.948. The summed E-state index contributed by atoms with van der Waals surface area (Å²) >= 11 is 0. The van der Waals surface area contributed by atoms with E-state index in [1.807, 2.05) is 24.7 Å². The van der Waals surface area contributed by atoms with E-state index in [0.29, 0.717) is 49.2 Å². The second kappa shape index (κ2) is 11.6. The summed E-state index contributed by atoms with van der Waals surface area (Å²) in [5, 5.41) is 6.24. The van der Waals surface area contributed by atoms with Gasteiger partial charge in [0.2, 0.25) is 11.8 Å². The minimum absolute atomic E-state index is 0.108. The molecule has 3 aromatic rings. The van der Waals surface area contributed by atoms with Crippen LogP contribution in [-0.2, 0) is 41.6 Å². The predicted octanol–water partition coefficient (Wildman–Crippen LogP) is 3.54. The highest BCUT2D eigenvalue weighted by atomic mass is 19.1. The van der Waals surface area contributed by atoms with Crippen molar-refractivity contribution in [3.8, 4) is 0 Å². The molecule has 0 fully saturated rings. The van der Waals surface area contributed by atoms with Gasteiger partial charge >= 0.3 is 0 Å². The quantitative estimate of drug-likeness (QED) is 0.409. The van der Waals surface area contributed by atoms with Crippen LogP contribution < -0.4 is 10.6 Å². The number of fused-ring (bicyclic) bond motifs is 1. The number of benzene rings is 1. The summed E-state index contributed by atoms with van der Waals surface area (Å²) in [6.07, 6.45) is 9.68. The van der Waals surface area contributed by atoms with E-state index in [0.717, 1.165) is 18.3 Å². The predicted molar refractivity (Wildman–Crippen MR) is 144 cm³/mol. The molecular weight excluding hydrogens is 504 g/mol. The fourth-order valence-electron chi connectivity index (χ4n) is 5.11. The van der Waals surface area contributed by atoms with E-state index in [4.69, 9.17) is 0 Å². The van der Waals surface area contributed by atoms with Crippen LogP contribution in [0.1, 0.15) is 57.0 Å². The third-order valence-electron chi connectivity index (χ3n) is 7.45. The Kier molecular flexibility index (Phi) is 8.48. The van der Waals surface area contributed by atoms with Crippen LogP contribution in [0.5, 0.6) is 0 Å². The van der Waals surface area contributed by atoms with E-state index in [1.54, 1.807) is 42.8 Å². The molecule has 1 aliphatic rings. The summed E-state index contributed by atoms with van der Waals surface area (Å²) in [4.78, 5) is 36.7. The standard InChI is InChI=1S/C28H37F2N7O2/c1-6-7-23(33-20-9-8-18-12-19(29)13-22(30)21(18)14-20)26(38)34-24-15-37(17-32-24)28(2,3)27(39)36(5)16-25-31-10-11-35(25)4/h10-13,15,17,20,23,33H,6-9,14,16H2,1-5H3,(H,34,38)/t20?,23-/m0/s1. The molecular formula is C28H37F2N7O2. The van der Waals surface area contributed by atoms with Gasteiger partial charge in [0.15, 0.2) is 5.82 Å². The number of hydrogen-bond donors (Lipinski definition) is 2. The maximum atomic E-state index is 14.4. The second-order valence-corrected chi connectivity index (χ2v) is 10.8. The zero-order valence-corrected chi connectivity index (χ0v) is 23.2. The maximum Gasteiger partial charge on any atom is 0.248 e. The van der Waals surface area contributed by atoms with E-state index < -0.39 is 23.2 Å². The fourth-order valence-corrected chi connectivity index (χ4v) is 5.11. The van der Waals surface area contributed by atoms with Gasteiger partial charge in [0.25, 0.3) is 0 Å². The molecule has 9 nitrogen and oxygen atoms in total. The number of likely N-dealkylation sites (N-methyl/N-ethyl adjacent to an activating group) is 1. The first-order valence-electron chi connectivity index (χ1n) is 13.3. The number of carbonyl (C=O) groups excluding carboxylic acids is 2. The molecule has 4 rings (SSSR count). The molecule has 11 heteroatoms. The number of aryl methyl sites for hydroxylation is 2. The summed E-state index contributed by atoms with van der Waals surface area (Å²) in [5.74, 6) is -0.372. The molecule has 1 aliphatic carbocycles. The van der Waals surface area contributed by atoms with Crippen LogP contribution in [0.3, 0.4) is 0 Å². The zero-order chi connectivity index (χ0) is 28.3. The van der Waals surface area contributed by atoms with Crippen LogP contribution in [-0.4, -0.2) is 54.9 Å². The van der Waals surface area contributed by atoms with Crippen LogP contribution in [0.2, 0.25) is 0 Å². The van der Waals surface area contributed by atoms with E-state index in [2.05, 4.69) is 20.6 Å². The molecule has 1 aromatic carbocycles. The van der Waals surface area contributed by atoms with Crippen LogP contribution in [0.4, 0.5) is 14.6 Å². The number of amides is 2. The van der Waals surface area contributed by atoms with Gasteiger partial charge in [0.1, 0.15) is 23.0 Å². The molecule has 2 aromatic heterocycles. The zero-order valence-electron chi connectivity index (χ0n) is 23.2. The third kappa shape index (κ3) is 6.35. The Morgan fingerprint density at radius 1 is 1.26 bits per heavy atom. The second-order valence-electron chi connectivity index (χ2n) is 10.8. The first-order chi connectivity index (χ1) is 18.5. The minimum Gasteiger partial charge on any atom is -0.337 e. The van der Waals surface area contributed by atoms with Crippen molar-refractivity contribution in [2.45, 2.75) is 77.0 Å². The number of aromatic nitrogens is 4. The van der Waals surface area contributed by atoms with Gasteiger partial charge in [-0.15, -0.1) is 0 Å². The average molecular weight is 542 g/mol. The molecule has 0 radical (unpaired) electrons. The van der Waals surface area contributed by atoms with Crippen LogP contribution >= 0.6 is 0 Å². The third-order valence-corrected chi connectivity index (χ3v) is 7.45. The first-order valence-corrected chi connectivity index (χ1v) is 13.3. The molecule has 0 aliphatic heterocycles. The van der Waals surface area contributed by atoms with Crippen molar-refractivity contribution in [3.63, 3.8) is 0 Å². The number of hydrogen-bond acceptors (Lipinski definition) is 5. The summed E-state index contributed by atoms with van der Waals surface area (Å²) in [6.45, 7) is 5.94. The van der Waals surface area contributed by atoms with E-state index in [-0.39, 0.29) is 17.9 Å². The molecule has 39 heavy (non-hydrogen) atoms. The summed E-state index contributed by atoms with van der Waals surface area (Å²) in [6, 6.07) is 1.69. The highest BCUT2D eigenvalue weighted by Crippen LogP contribution is 2.26. The van der Waals surface area contributed by atoms with Gasteiger partial charge in [0, 0.05) is 44.8 Å². The molecule has 0 saturated heterocycles. The highest BCUT2D eigenvalue weighted by molar-refractivity contribution is 5.94. The van der Waals surface area contributed by atoms with Gasteiger partial charge in [0.05, 0.1) is 18.9 Å². The lowest BCUT2D eigenvalue weighted by atomic mass is 9.87. The van der Waals surface area contributed by atoms with Crippen LogP contribution in [0.25, 0.3) is 0 Å². The van der Waals surface area contributed by atoms with Gasteiger partial charge in [-0.1, -0.05) is 13.3 Å². The Labute approximate surface area is 227 Å². The number of halogens is 2. The molecule has 210 valence electrons. The molecule has 2 N–H and O–H groups in total. The van der Waals surface area contributed by atoms with Crippen LogP contribution in [0.15, 0.2) is 37.1 Å². The van der Waals surface area contributed by atoms with Crippen molar-refractivity contribution in [2.24, 2.45) is 7.05 Å². The number of nitrogens with one attached hydrogen (secondary N) is 2. The molecule has 2 amide bonds. The van der Waals surface area contributed by atoms with Crippen molar-refractivity contribution < 1.29 is 18.4 Å². The van der Waals surface area contributed by atoms with E-state index in [9.17, 15) is 18.4 Å². The Morgan fingerprint density at radius 3 is 2.72 bits per heavy atom. The molecule has 0 spiro atoms. The summed E-state index contributed by atoms with van der Waals surface area (Å²) in [5.41, 5.74) is 0.250. The molecule has 1 unspecified atom stereocenters. The smallest absolute Gasteiger partial charge is 0.248 e. The van der Waals surface area contributed by atoms with E-state index in [1.165, 1.54) is 12.4 Å². The number of nitrogens with zero attached hydrogens (tertiary/aromatic N) is 5. The SMILES string of the molecule is CCC[C@H](NC1CCc2cc(F)cc(F)c2C1)C(=O)Nc1cn(C(C)(C)C(=O)N(C)Cc2nccn2C)cn1. The Morgan fingerprint density at radius 2 is 2.03 bits per heavy atom.